The van der Waals surface area contributed by atoms with E-state index in [2.05, 4.69) is 17.1 Å². The molecule has 1 atom stereocenters. The van der Waals surface area contributed by atoms with Gasteiger partial charge >= 0.3 is 0 Å². The summed E-state index contributed by atoms with van der Waals surface area (Å²) in [5.74, 6) is 2.10. The second-order valence-electron chi connectivity index (χ2n) is 7.66. The van der Waals surface area contributed by atoms with E-state index in [0.29, 0.717) is 23.6 Å². The largest absolute Gasteiger partial charge is 0.494 e. The number of likely N-dealkylation sites (tertiary alicyclic amines) is 1. The molecule has 0 N–H and O–H groups in total. The van der Waals surface area contributed by atoms with Crippen molar-refractivity contribution in [2.75, 3.05) is 18.9 Å². The first-order chi connectivity index (χ1) is 15.2. The lowest BCUT2D eigenvalue weighted by Crippen LogP contribution is -2.42. The molecule has 1 unspecified atom stereocenters. The van der Waals surface area contributed by atoms with Crippen LogP contribution in [0.3, 0.4) is 0 Å². The molecule has 1 aliphatic heterocycles. The molecular formula is C24H28N4O2S. The molecule has 2 heterocycles. The van der Waals surface area contributed by atoms with Crippen molar-refractivity contribution in [1.29, 1.82) is 0 Å². The normalized spacial score (nSPS) is 16.3. The van der Waals surface area contributed by atoms with Gasteiger partial charge < -0.3 is 9.64 Å². The summed E-state index contributed by atoms with van der Waals surface area (Å²) in [5.41, 5.74) is 1.92. The molecule has 0 spiro atoms. The van der Waals surface area contributed by atoms with Gasteiger partial charge in [0.1, 0.15) is 5.75 Å². The predicted octanol–water partition coefficient (Wildman–Crippen LogP) is 4.83. The molecule has 0 bridgehead atoms. The lowest BCUT2D eigenvalue weighted by Gasteiger charge is -2.33. The highest BCUT2D eigenvalue weighted by Gasteiger charge is 2.24. The fourth-order valence-corrected chi connectivity index (χ4v) is 4.74. The van der Waals surface area contributed by atoms with Gasteiger partial charge in [-0.25, -0.2) is 0 Å². The topological polar surface area (TPSA) is 60.2 Å². The molecule has 1 fully saturated rings. The number of carbonyl (C=O) groups is 1. The van der Waals surface area contributed by atoms with E-state index in [4.69, 9.17) is 4.74 Å². The maximum absolute atomic E-state index is 12.9. The Morgan fingerprint density at radius 2 is 1.87 bits per heavy atom. The predicted molar refractivity (Wildman–Crippen MR) is 124 cm³/mol. The Morgan fingerprint density at radius 3 is 2.58 bits per heavy atom. The third-order valence-corrected chi connectivity index (χ3v) is 6.43. The van der Waals surface area contributed by atoms with Crippen molar-refractivity contribution in [3.05, 3.63) is 54.6 Å². The minimum Gasteiger partial charge on any atom is -0.494 e. The average molecular weight is 437 g/mol. The number of hydrogen-bond acceptors (Lipinski definition) is 5. The van der Waals surface area contributed by atoms with Crippen LogP contribution < -0.4 is 4.74 Å². The van der Waals surface area contributed by atoms with E-state index in [9.17, 15) is 4.79 Å². The summed E-state index contributed by atoms with van der Waals surface area (Å²) in [6.45, 7) is 5.58. The van der Waals surface area contributed by atoms with E-state index in [-0.39, 0.29) is 5.91 Å². The molecule has 1 aliphatic rings. The summed E-state index contributed by atoms with van der Waals surface area (Å²) in [6, 6.07) is 18.2. The second-order valence-corrected chi connectivity index (χ2v) is 8.60. The fourth-order valence-electron chi connectivity index (χ4n) is 3.91. The van der Waals surface area contributed by atoms with Crippen LogP contribution in [-0.2, 0) is 4.79 Å². The number of amides is 1. The zero-order chi connectivity index (χ0) is 21.6. The Kier molecular flexibility index (Phi) is 6.92. The third kappa shape index (κ3) is 4.93. The number of nitrogens with zero attached hydrogens (tertiary/aromatic N) is 4. The molecule has 7 heteroatoms. The van der Waals surface area contributed by atoms with Gasteiger partial charge in [0.2, 0.25) is 5.91 Å². The van der Waals surface area contributed by atoms with Gasteiger partial charge in [-0.3, -0.25) is 9.36 Å². The average Bonchev–Trinajstić information content (AvgIpc) is 3.23. The third-order valence-electron chi connectivity index (χ3n) is 5.52. The quantitative estimate of drug-likeness (QED) is 0.497. The van der Waals surface area contributed by atoms with Crippen molar-refractivity contribution in [3.63, 3.8) is 0 Å². The lowest BCUT2D eigenvalue weighted by atomic mass is 10.0. The van der Waals surface area contributed by atoms with E-state index in [0.717, 1.165) is 42.2 Å². The summed E-state index contributed by atoms with van der Waals surface area (Å²) >= 11 is 1.44. The van der Waals surface area contributed by atoms with E-state index in [1.165, 1.54) is 18.2 Å². The number of benzene rings is 2. The summed E-state index contributed by atoms with van der Waals surface area (Å²) in [6.07, 6.45) is 3.36. The van der Waals surface area contributed by atoms with Crippen LogP contribution in [0.2, 0.25) is 0 Å². The van der Waals surface area contributed by atoms with Crippen molar-refractivity contribution in [2.24, 2.45) is 0 Å². The van der Waals surface area contributed by atoms with Crippen molar-refractivity contribution >= 4 is 17.7 Å². The highest BCUT2D eigenvalue weighted by Crippen LogP contribution is 2.29. The van der Waals surface area contributed by atoms with Crippen molar-refractivity contribution in [1.82, 2.24) is 19.7 Å². The van der Waals surface area contributed by atoms with Crippen LogP contribution in [0.25, 0.3) is 17.1 Å². The summed E-state index contributed by atoms with van der Waals surface area (Å²) in [5, 5.41) is 9.61. The highest BCUT2D eigenvalue weighted by molar-refractivity contribution is 7.99. The molecule has 1 amide bonds. The number of piperidine rings is 1. The molecule has 0 saturated carbocycles. The van der Waals surface area contributed by atoms with Crippen LogP contribution in [-0.4, -0.2) is 50.5 Å². The highest BCUT2D eigenvalue weighted by atomic mass is 32.2. The van der Waals surface area contributed by atoms with Crippen molar-refractivity contribution < 1.29 is 9.53 Å². The van der Waals surface area contributed by atoms with Crippen LogP contribution in [0, 0.1) is 0 Å². The lowest BCUT2D eigenvalue weighted by molar-refractivity contribution is -0.131. The van der Waals surface area contributed by atoms with Gasteiger partial charge in [0.05, 0.1) is 12.4 Å². The Labute approximate surface area is 187 Å². The van der Waals surface area contributed by atoms with Crippen LogP contribution in [0.4, 0.5) is 0 Å². The Balaban J connectivity index is 1.61. The summed E-state index contributed by atoms with van der Waals surface area (Å²) < 4.78 is 7.60. The standard InChI is InChI=1S/C24H28N4O2S/c1-3-30-21-14-12-20(13-15-21)28-23(19-10-5-4-6-11-19)25-26-24(28)31-17-22(29)27-16-8-7-9-18(27)2/h4-6,10-15,18H,3,7-9,16-17H2,1-2H3. The maximum Gasteiger partial charge on any atom is 0.233 e. The molecular weight excluding hydrogens is 408 g/mol. The number of hydrogen-bond donors (Lipinski definition) is 0. The Morgan fingerprint density at radius 1 is 1.10 bits per heavy atom. The SMILES string of the molecule is CCOc1ccc(-n2c(SCC(=O)N3CCCCC3C)nnc2-c2ccccc2)cc1. The minimum absolute atomic E-state index is 0.166. The molecule has 3 aromatic rings. The van der Waals surface area contributed by atoms with Crippen LogP contribution in [0.15, 0.2) is 59.8 Å². The van der Waals surface area contributed by atoms with Crippen molar-refractivity contribution in [3.8, 4) is 22.8 Å². The Hall–Kier alpha value is -2.80. The van der Waals surface area contributed by atoms with Gasteiger partial charge in [0.25, 0.3) is 0 Å². The number of rotatable bonds is 7. The zero-order valence-electron chi connectivity index (χ0n) is 18.0. The number of thioether (sulfide) groups is 1. The molecule has 2 aromatic carbocycles. The van der Waals surface area contributed by atoms with E-state index < -0.39 is 0 Å². The van der Waals surface area contributed by atoms with Crippen LogP contribution >= 0.6 is 11.8 Å². The molecule has 0 aliphatic carbocycles. The van der Waals surface area contributed by atoms with Gasteiger partial charge in [0, 0.05) is 23.8 Å². The number of carbonyl (C=O) groups excluding carboxylic acids is 1. The molecule has 4 rings (SSSR count). The molecule has 0 radical (unpaired) electrons. The van der Waals surface area contributed by atoms with Crippen molar-refractivity contribution in [2.45, 2.75) is 44.3 Å². The Bertz CT molecular complexity index is 1000. The molecule has 1 aromatic heterocycles. The fraction of sp³-hybridized carbons (Fsp3) is 0.375. The summed E-state index contributed by atoms with van der Waals surface area (Å²) in [7, 11) is 0. The maximum atomic E-state index is 12.9. The minimum atomic E-state index is 0.166. The van der Waals surface area contributed by atoms with Gasteiger partial charge in [0.15, 0.2) is 11.0 Å². The first-order valence-electron chi connectivity index (χ1n) is 10.8. The first kappa shape index (κ1) is 21.4. The van der Waals surface area contributed by atoms with Gasteiger partial charge in [-0.05, 0) is 57.4 Å². The van der Waals surface area contributed by atoms with Crippen LogP contribution in [0.5, 0.6) is 5.75 Å². The van der Waals surface area contributed by atoms with E-state index in [1.807, 2.05) is 71.0 Å². The monoisotopic (exact) mass is 436 g/mol. The molecule has 162 valence electrons. The number of aromatic nitrogens is 3. The molecule has 6 nitrogen and oxygen atoms in total. The smallest absolute Gasteiger partial charge is 0.233 e. The number of ether oxygens (including phenoxy) is 1. The van der Waals surface area contributed by atoms with Gasteiger partial charge in [-0.1, -0.05) is 42.1 Å². The zero-order valence-corrected chi connectivity index (χ0v) is 18.8. The summed E-state index contributed by atoms with van der Waals surface area (Å²) in [4.78, 5) is 14.9. The first-order valence-corrected chi connectivity index (χ1v) is 11.8. The van der Waals surface area contributed by atoms with E-state index >= 15 is 0 Å². The van der Waals surface area contributed by atoms with Gasteiger partial charge in [-0.2, -0.15) is 0 Å². The second kappa shape index (κ2) is 10.0. The van der Waals surface area contributed by atoms with E-state index in [1.54, 1.807) is 0 Å². The van der Waals surface area contributed by atoms with Crippen LogP contribution in [0.1, 0.15) is 33.1 Å². The molecule has 1 saturated heterocycles. The van der Waals surface area contributed by atoms with Gasteiger partial charge in [-0.15, -0.1) is 10.2 Å². The molecule has 31 heavy (non-hydrogen) atoms.